The maximum atomic E-state index is 14.3. The molecule has 0 spiro atoms. The number of ether oxygens (including phenoxy) is 2. The lowest BCUT2D eigenvalue weighted by molar-refractivity contribution is -0.368. The molecule has 0 saturated carbocycles. The first-order valence-electron chi connectivity index (χ1n) is 14.4. The van der Waals surface area contributed by atoms with E-state index in [4.69, 9.17) is 9.15 Å². The van der Waals surface area contributed by atoms with E-state index in [0.717, 1.165) is 38.0 Å². The summed E-state index contributed by atoms with van der Waals surface area (Å²) in [7, 11) is 0. The standard InChI is InChI=1S/C32H31F11O4/c1-4-5-6-7-20-8-11-23(24(16-20)30(37,38)39)26-17-21-9-10-22(18-25(21)47-26)45-14-12-28(33,34)31(40,41)32(42,43)29(35,36)13-15-46-27(44)19(2)3/h8-11,16-18H,2,4-7,12-15H2,1,3H3. The fraction of sp³-hybridized carbons (Fsp3) is 0.469. The first kappa shape index (κ1) is 37.7. The molecule has 3 aromatic rings. The van der Waals surface area contributed by atoms with Gasteiger partial charge in [0.1, 0.15) is 17.1 Å². The SMILES string of the molecule is C=C(C)C(=O)OCCC(F)(F)C(F)(F)C(F)(F)C(F)(F)CCOc1ccc2cc(-c3ccc(CCCCC)cc3C(F)(F)F)oc2c1. The Morgan fingerprint density at radius 1 is 0.809 bits per heavy atom. The van der Waals surface area contributed by atoms with Crippen LogP contribution in [0.1, 0.15) is 57.1 Å². The Hall–Kier alpha value is -3.78. The molecule has 4 nitrogen and oxygen atoms in total. The molecular formula is C32H31F11O4. The van der Waals surface area contributed by atoms with E-state index in [0.29, 0.717) is 18.4 Å². The van der Waals surface area contributed by atoms with Gasteiger partial charge in [0.25, 0.3) is 0 Å². The second-order valence-corrected chi connectivity index (χ2v) is 11.0. The van der Waals surface area contributed by atoms with Crippen LogP contribution >= 0.6 is 0 Å². The van der Waals surface area contributed by atoms with Gasteiger partial charge >= 0.3 is 35.8 Å². The minimum atomic E-state index is -6.56. The zero-order valence-electron chi connectivity index (χ0n) is 25.2. The lowest BCUT2D eigenvalue weighted by Crippen LogP contribution is -2.62. The highest BCUT2D eigenvalue weighted by molar-refractivity contribution is 5.87. The Kier molecular flexibility index (Phi) is 11.3. The topological polar surface area (TPSA) is 48.7 Å². The zero-order valence-corrected chi connectivity index (χ0v) is 25.2. The van der Waals surface area contributed by atoms with Crippen molar-refractivity contribution in [1.82, 2.24) is 0 Å². The highest BCUT2D eigenvalue weighted by Crippen LogP contribution is 2.54. The summed E-state index contributed by atoms with van der Waals surface area (Å²) in [6.45, 7) is 3.34. The molecule has 0 N–H and O–H groups in total. The van der Waals surface area contributed by atoms with Crippen LogP contribution in [0.5, 0.6) is 5.75 Å². The Bertz CT molecular complexity index is 1560. The van der Waals surface area contributed by atoms with Crippen LogP contribution in [0.15, 0.2) is 59.0 Å². The van der Waals surface area contributed by atoms with E-state index in [1.165, 1.54) is 24.3 Å². The third-order valence-corrected chi connectivity index (χ3v) is 7.21. The van der Waals surface area contributed by atoms with Crippen LogP contribution < -0.4 is 4.74 Å². The number of fused-ring (bicyclic) bond motifs is 1. The average Bonchev–Trinajstić information content (AvgIpc) is 3.39. The van der Waals surface area contributed by atoms with Crippen LogP contribution in [0.2, 0.25) is 0 Å². The summed E-state index contributed by atoms with van der Waals surface area (Å²) in [5, 5.41) is 0.264. The van der Waals surface area contributed by atoms with E-state index < -0.39 is 67.5 Å². The number of halogens is 11. The molecule has 0 aliphatic rings. The number of unbranched alkanes of at least 4 members (excludes halogenated alkanes) is 2. The van der Waals surface area contributed by atoms with Gasteiger partial charge in [0.2, 0.25) is 0 Å². The highest BCUT2D eigenvalue weighted by Gasteiger charge is 2.79. The van der Waals surface area contributed by atoms with E-state index in [1.54, 1.807) is 0 Å². The molecule has 0 amide bonds. The molecule has 0 aliphatic carbocycles. The minimum absolute atomic E-state index is 0.0757. The number of hydrogen-bond donors (Lipinski definition) is 0. The first-order chi connectivity index (χ1) is 21.6. The molecule has 0 fully saturated rings. The number of carbonyl (C=O) groups excluding carboxylic acids is 1. The summed E-state index contributed by atoms with van der Waals surface area (Å²) in [5.74, 6) is -26.3. The van der Waals surface area contributed by atoms with Gasteiger partial charge in [-0.15, -0.1) is 0 Å². The van der Waals surface area contributed by atoms with Crippen LogP contribution in [-0.4, -0.2) is 42.9 Å². The van der Waals surface area contributed by atoms with E-state index in [1.807, 2.05) is 6.92 Å². The van der Waals surface area contributed by atoms with Crippen molar-refractivity contribution in [3.05, 3.63) is 65.7 Å². The molecule has 1 heterocycles. The molecule has 260 valence electrons. The molecule has 0 aliphatic heterocycles. The maximum Gasteiger partial charge on any atom is 0.417 e. The minimum Gasteiger partial charge on any atom is -0.493 e. The number of esters is 1. The van der Waals surface area contributed by atoms with Crippen molar-refractivity contribution in [2.24, 2.45) is 0 Å². The van der Waals surface area contributed by atoms with Gasteiger partial charge < -0.3 is 13.9 Å². The molecule has 2 aromatic carbocycles. The van der Waals surface area contributed by atoms with Gasteiger partial charge in [-0.2, -0.15) is 48.3 Å². The van der Waals surface area contributed by atoms with E-state index in [-0.39, 0.29) is 33.6 Å². The lowest BCUT2D eigenvalue weighted by Gasteiger charge is -2.36. The van der Waals surface area contributed by atoms with Crippen LogP contribution in [-0.2, 0) is 22.1 Å². The summed E-state index contributed by atoms with van der Waals surface area (Å²) in [5.41, 5.74) is -1.12. The normalized spacial score (nSPS) is 13.2. The third kappa shape index (κ3) is 8.39. The van der Waals surface area contributed by atoms with Crippen molar-refractivity contribution in [2.75, 3.05) is 13.2 Å². The van der Waals surface area contributed by atoms with Crippen LogP contribution in [0, 0.1) is 0 Å². The van der Waals surface area contributed by atoms with Crippen molar-refractivity contribution in [3.8, 4) is 17.1 Å². The first-order valence-corrected chi connectivity index (χ1v) is 14.4. The Balaban J connectivity index is 1.73. The number of alkyl halides is 11. The van der Waals surface area contributed by atoms with Gasteiger partial charge in [0, 0.05) is 22.6 Å². The van der Waals surface area contributed by atoms with Gasteiger partial charge in [-0.05, 0) is 49.6 Å². The maximum absolute atomic E-state index is 14.3. The summed E-state index contributed by atoms with van der Waals surface area (Å²) in [6, 6.07) is 8.57. The Morgan fingerprint density at radius 2 is 1.43 bits per heavy atom. The molecule has 3 rings (SSSR count). The molecule has 15 heteroatoms. The number of benzene rings is 2. The summed E-state index contributed by atoms with van der Waals surface area (Å²) in [4.78, 5) is 11.2. The second-order valence-electron chi connectivity index (χ2n) is 11.0. The molecule has 1 aromatic heterocycles. The zero-order chi connectivity index (χ0) is 35.4. The monoisotopic (exact) mass is 688 g/mol. The van der Waals surface area contributed by atoms with Gasteiger partial charge in [-0.1, -0.05) is 38.5 Å². The van der Waals surface area contributed by atoms with Crippen LogP contribution in [0.4, 0.5) is 48.3 Å². The van der Waals surface area contributed by atoms with E-state index in [9.17, 15) is 53.1 Å². The highest BCUT2D eigenvalue weighted by atomic mass is 19.4. The molecule has 0 bridgehead atoms. The number of furan rings is 1. The molecular weight excluding hydrogens is 657 g/mol. The summed E-state index contributed by atoms with van der Waals surface area (Å²) >= 11 is 0. The molecule has 0 atom stereocenters. The summed E-state index contributed by atoms with van der Waals surface area (Å²) in [6.07, 6.45) is -6.16. The van der Waals surface area contributed by atoms with Crippen LogP contribution in [0.25, 0.3) is 22.3 Å². The fourth-order valence-corrected chi connectivity index (χ4v) is 4.47. The van der Waals surface area contributed by atoms with Crippen molar-refractivity contribution in [3.63, 3.8) is 0 Å². The van der Waals surface area contributed by atoms with E-state index in [2.05, 4.69) is 11.3 Å². The Labute approximate surface area is 262 Å². The van der Waals surface area contributed by atoms with Gasteiger partial charge in [-0.25, -0.2) is 4.79 Å². The second kappa shape index (κ2) is 14.1. The predicted molar refractivity (Wildman–Crippen MR) is 150 cm³/mol. The van der Waals surface area contributed by atoms with Crippen molar-refractivity contribution >= 4 is 16.9 Å². The van der Waals surface area contributed by atoms with Gasteiger partial charge in [0.05, 0.1) is 31.6 Å². The smallest absolute Gasteiger partial charge is 0.417 e. The van der Waals surface area contributed by atoms with Gasteiger partial charge in [0.15, 0.2) is 0 Å². The van der Waals surface area contributed by atoms with Crippen molar-refractivity contribution in [1.29, 1.82) is 0 Å². The van der Waals surface area contributed by atoms with Crippen molar-refractivity contribution < 1.29 is 67.0 Å². The third-order valence-electron chi connectivity index (χ3n) is 7.21. The number of rotatable bonds is 16. The van der Waals surface area contributed by atoms with Crippen molar-refractivity contribution in [2.45, 2.75) is 82.2 Å². The Morgan fingerprint density at radius 3 is 2.00 bits per heavy atom. The lowest BCUT2D eigenvalue weighted by atomic mass is 9.95. The number of carbonyl (C=O) groups is 1. The summed E-state index contributed by atoms with van der Waals surface area (Å²) < 4.78 is 170. The number of aryl methyl sites for hydroxylation is 1. The molecule has 47 heavy (non-hydrogen) atoms. The molecule has 0 unspecified atom stereocenters. The van der Waals surface area contributed by atoms with Gasteiger partial charge in [-0.3, -0.25) is 0 Å². The molecule has 0 radical (unpaired) electrons. The average molecular weight is 689 g/mol. The number of hydrogen-bond acceptors (Lipinski definition) is 4. The molecule has 0 saturated heterocycles. The van der Waals surface area contributed by atoms with Crippen LogP contribution in [0.3, 0.4) is 0 Å². The largest absolute Gasteiger partial charge is 0.493 e. The fourth-order valence-electron chi connectivity index (χ4n) is 4.47. The predicted octanol–water partition coefficient (Wildman–Crippen LogP) is 10.7. The quantitative estimate of drug-likeness (QED) is 0.0651. The van der Waals surface area contributed by atoms with E-state index >= 15 is 0 Å².